The second-order valence-electron chi connectivity index (χ2n) is 19.5. The molecule has 4 amide bonds. The van der Waals surface area contributed by atoms with Crippen molar-refractivity contribution in [3.05, 3.63) is 254 Å². The zero-order chi connectivity index (χ0) is 67.4. The number of esters is 6. The van der Waals surface area contributed by atoms with Crippen LogP contribution in [0.3, 0.4) is 0 Å². The second kappa shape index (κ2) is 35.4. The standard InChI is InChI=1S/2C21H19NO5.2C14H15NO3/c1-13(2)19(23)22-16-7-11-18(12-8-16)27-21(25)15-5-9-17(10-6-15)26-20(24)14(3)4;1-13(2)19(23)22-16-7-5-15(6-8-16)21(25)27-18-11-9-17(10-12-18)26-20(24)14(3)4;1-9(2)13(16)15-11-5-7-12(8-6-11)18-14(17)10(3)4;1-9(2)13(16)15-11-6-5-7-12(8-11)18-14(17)10(3)4/h2*5-12H,1,3H2,2,4H3,(H,22,23);2*5-8H,1,3H2,2,4H3,(H,15,16). The molecule has 0 unspecified atom stereocenters. The third kappa shape index (κ3) is 26.1. The summed E-state index contributed by atoms with van der Waals surface area (Å²) < 4.78 is 30.7. The molecular weight excluding hydrogens is 1150 g/mol. The Morgan fingerprint density at radius 1 is 0.256 bits per heavy atom. The van der Waals surface area contributed by atoms with Crippen LogP contribution in [0, 0.1) is 0 Å². The molecule has 0 aliphatic rings. The molecule has 90 heavy (non-hydrogen) atoms. The van der Waals surface area contributed by atoms with Crippen LogP contribution in [0.1, 0.15) is 76.1 Å². The van der Waals surface area contributed by atoms with Gasteiger partial charge in [0.2, 0.25) is 0 Å². The highest BCUT2D eigenvalue weighted by Crippen LogP contribution is 2.23. The first-order valence-electron chi connectivity index (χ1n) is 26.7. The van der Waals surface area contributed by atoms with E-state index < -0.39 is 35.8 Å². The number of carbonyl (C=O) groups is 10. The molecule has 0 saturated carbocycles. The highest BCUT2D eigenvalue weighted by Gasteiger charge is 2.15. The van der Waals surface area contributed by atoms with Gasteiger partial charge >= 0.3 is 35.8 Å². The molecule has 0 saturated heterocycles. The number of carbonyl (C=O) groups excluding carboxylic acids is 10. The number of amides is 4. The van der Waals surface area contributed by atoms with E-state index in [1.165, 1.54) is 48.5 Å². The lowest BCUT2D eigenvalue weighted by Crippen LogP contribution is -2.12. The summed E-state index contributed by atoms with van der Waals surface area (Å²) in [7, 11) is 0. The number of hydrogen-bond donors (Lipinski definition) is 4. The predicted octanol–water partition coefficient (Wildman–Crippen LogP) is 13.2. The molecule has 0 fully saturated rings. The molecule has 6 aromatic carbocycles. The van der Waals surface area contributed by atoms with E-state index in [9.17, 15) is 47.9 Å². The van der Waals surface area contributed by atoms with E-state index in [0.29, 0.717) is 102 Å². The van der Waals surface area contributed by atoms with Gasteiger partial charge in [-0.1, -0.05) is 58.7 Å². The maximum Gasteiger partial charge on any atom is 0.343 e. The van der Waals surface area contributed by atoms with Gasteiger partial charge in [-0.05, 0) is 189 Å². The van der Waals surface area contributed by atoms with E-state index in [1.54, 1.807) is 152 Å². The van der Waals surface area contributed by atoms with Crippen molar-refractivity contribution in [2.24, 2.45) is 0 Å². The molecule has 0 heterocycles. The van der Waals surface area contributed by atoms with Gasteiger partial charge in [-0.2, -0.15) is 0 Å². The summed E-state index contributed by atoms with van der Waals surface area (Å²) in [6, 6.07) is 37.7. The topological polar surface area (TPSA) is 274 Å². The van der Waals surface area contributed by atoms with Crippen LogP contribution in [-0.2, 0) is 38.4 Å². The van der Waals surface area contributed by atoms with Gasteiger partial charge < -0.3 is 49.7 Å². The molecule has 0 spiro atoms. The quantitative estimate of drug-likeness (QED) is 0.0314. The smallest absolute Gasteiger partial charge is 0.343 e. The summed E-state index contributed by atoms with van der Waals surface area (Å²) in [5, 5.41) is 10.6. The van der Waals surface area contributed by atoms with Crippen molar-refractivity contribution in [2.45, 2.75) is 55.4 Å². The van der Waals surface area contributed by atoms with Crippen LogP contribution < -0.4 is 49.7 Å². The summed E-state index contributed by atoms with van der Waals surface area (Å²) >= 11 is 0. The van der Waals surface area contributed by atoms with E-state index in [2.05, 4.69) is 73.9 Å². The number of anilines is 4. The molecular formula is C70H68N4O16. The summed E-state index contributed by atoms with van der Waals surface area (Å²) in [4.78, 5) is 116. The average molecular weight is 1220 g/mol. The van der Waals surface area contributed by atoms with Crippen molar-refractivity contribution in [3.63, 3.8) is 0 Å². The minimum Gasteiger partial charge on any atom is -0.423 e. The summed E-state index contributed by atoms with van der Waals surface area (Å²) in [6.45, 7) is 40.8. The second-order valence-corrected chi connectivity index (χ2v) is 19.5. The van der Waals surface area contributed by atoms with Gasteiger partial charge in [0, 0.05) is 73.4 Å². The van der Waals surface area contributed by atoms with Gasteiger partial charge in [-0.15, -0.1) is 0 Å². The fraction of sp³-hybridized carbons (Fsp3) is 0.114. The van der Waals surface area contributed by atoms with Crippen molar-refractivity contribution < 1.29 is 76.4 Å². The zero-order valence-electron chi connectivity index (χ0n) is 51.0. The average Bonchev–Trinajstić information content (AvgIpc) is 1.89. The number of ether oxygens (including phenoxy) is 6. The van der Waals surface area contributed by atoms with E-state index >= 15 is 0 Å². The molecule has 0 atom stereocenters. The minimum atomic E-state index is -0.563. The maximum atomic E-state index is 12.2. The molecule has 0 aromatic heterocycles. The molecule has 20 nitrogen and oxygen atoms in total. The summed E-state index contributed by atoms with van der Waals surface area (Å²) in [5.41, 5.74) is 5.68. The Labute approximate surface area is 521 Å². The van der Waals surface area contributed by atoms with Crippen LogP contribution >= 0.6 is 0 Å². The highest BCUT2D eigenvalue weighted by atomic mass is 16.6. The Hall–Kier alpha value is -12.1. The Morgan fingerprint density at radius 2 is 0.478 bits per heavy atom. The lowest BCUT2D eigenvalue weighted by atomic mass is 10.2. The highest BCUT2D eigenvalue weighted by molar-refractivity contribution is 6.05. The van der Waals surface area contributed by atoms with Gasteiger partial charge in [-0.3, -0.25) is 19.2 Å². The summed E-state index contributed by atoms with van der Waals surface area (Å²) in [6.07, 6.45) is 0. The van der Waals surface area contributed by atoms with Crippen molar-refractivity contribution in [2.75, 3.05) is 21.3 Å². The molecule has 0 aliphatic carbocycles. The van der Waals surface area contributed by atoms with Crippen LogP contribution in [0.25, 0.3) is 0 Å². The lowest BCUT2D eigenvalue weighted by molar-refractivity contribution is -0.130. The van der Waals surface area contributed by atoms with Crippen molar-refractivity contribution in [1.82, 2.24) is 0 Å². The fourth-order valence-electron chi connectivity index (χ4n) is 5.83. The third-order valence-corrected chi connectivity index (χ3v) is 10.8. The van der Waals surface area contributed by atoms with Crippen molar-refractivity contribution in [3.8, 4) is 34.5 Å². The zero-order valence-corrected chi connectivity index (χ0v) is 51.0. The molecule has 4 N–H and O–H groups in total. The van der Waals surface area contributed by atoms with Crippen LogP contribution in [0.15, 0.2) is 243 Å². The fourth-order valence-corrected chi connectivity index (χ4v) is 5.83. The van der Waals surface area contributed by atoms with E-state index in [4.69, 9.17) is 28.4 Å². The predicted molar refractivity (Wildman–Crippen MR) is 344 cm³/mol. The van der Waals surface area contributed by atoms with Crippen LogP contribution in [0.4, 0.5) is 22.7 Å². The Kier molecular flexibility index (Phi) is 28.4. The molecule has 20 heteroatoms. The largest absolute Gasteiger partial charge is 0.423 e. The molecule has 0 radical (unpaired) electrons. The molecule has 6 rings (SSSR count). The van der Waals surface area contributed by atoms with Crippen LogP contribution in [-0.4, -0.2) is 59.4 Å². The van der Waals surface area contributed by atoms with Crippen LogP contribution in [0.5, 0.6) is 34.5 Å². The van der Waals surface area contributed by atoms with Gasteiger partial charge in [0.25, 0.3) is 23.6 Å². The van der Waals surface area contributed by atoms with Crippen LogP contribution in [0.2, 0.25) is 0 Å². The lowest BCUT2D eigenvalue weighted by Gasteiger charge is -2.08. The van der Waals surface area contributed by atoms with Gasteiger partial charge in [0.15, 0.2) is 0 Å². The minimum absolute atomic E-state index is 0.248. The Morgan fingerprint density at radius 3 is 0.756 bits per heavy atom. The Balaban J connectivity index is 0.000000319. The summed E-state index contributed by atoms with van der Waals surface area (Å²) in [5.74, 6) is -2.27. The van der Waals surface area contributed by atoms with E-state index in [1.807, 2.05) is 0 Å². The number of rotatable bonds is 20. The number of nitrogens with one attached hydrogen (secondary N) is 4. The third-order valence-electron chi connectivity index (χ3n) is 10.8. The SMILES string of the molecule is C=C(C)C(=O)Nc1ccc(C(=O)Oc2ccc(OC(=O)C(=C)C)cc2)cc1.C=C(C)C(=O)Nc1ccc(OC(=O)C(=C)C)cc1.C=C(C)C(=O)Nc1ccc(OC(=O)c2ccc(OC(=O)C(=C)C)cc2)cc1.C=C(C)C(=O)Nc1cccc(OC(=O)C(=C)C)c1. The van der Waals surface area contributed by atoms with E-state index in [0.717, 1.165) is 0 Å². The Bertz CT molecular complexity index is 3540. The first kappa shape index (κ1) is 72.2. The number of hydrogen-bond acceptors (Lipinski definition) is 16. The molecule has 464 valence electrons. The first-order valence-corrected chi connectivity index (χ1v) is 26.7. The first-order chi connectivity index (χ1) is 42.3. The van der Waals surface area contributed by atoms with Crippen molar-refractivity contribution >= 4 is 82.2 Å². The number of benzene rings is 6. The van der Waals surface area contributed by atoms with Gasteiger partial charge in [0.05, 0.1) is 11.1 Å². The maximum absolute atomic E-state index is 12.2. The molecule has 0 bridgehead atoms. The molecule has 0 aliphatic heterocycles. The van der Waals surface area contributed by atoms with Gasteiger partial charge in [0.1, 0.15) is 34.5 Å². The molecule has 6 aromatic rings. The normalized spacial score (nSPS) is 9.69. The van der Waals surface area contributed by atoms with E-state index in [-0.39, 0.29) is 34.8 Å². The monoisotopic (exact) mass is 1220 g/mol. The van der Waals surface area contributed by atoms with Crippen molar-refractivity contribution in [1.29, 1.82) is 0 Å². The van der Waals surface area contributed by atoms with Gasteiger partial charge in [-0.25, -0.2) is 28.8 Å².